The van der Waals surface area contributed by atoms with E-state index in [1.165, 1.54) is 10.8 Å². The van der Waals surface area contributed by atoms with Crippen LogP contribution >= 0.6 is 0 Å². The molecule has 0 aliphatic carbocycles. The number of pyridine rings is 1. The Morgan fingerprint density at radius 1 is 1.00 bits per heavy atom. The van der Waals surface area contributed by atoms with Crippen molar-refractivity contribution < 1.29 is 9.47 Å². The van der Waals surface area contributed by atoms with Crippen molar-refractivity contribution in [2.75, 3.05) is 13.2 Å². The second kappa shape index (κ2) is 4.83. The van der Waals surface area contributed by atoms with Gasteiger partial charge in [0.25, 0.3) is 0 Å². The molecule has 4 rings (SSSR count). The molecule has 0 atom stereocenters. The summed E-state index contributed by atoms with van der Waals surface area (Å²) < 4.78 is 12.0. The Balaban J connectivity index is 1.98. The molecule has 0 spiro atoms. The quantitative estimate of drug-likeness (QED) is 0.507. The molecule has 20 heavy (non-hydrogen) atoms. The molecule has 1 aliphatic heterocycles. The Morgan fingerprint density at radius 2 is 1.75 bits per heavy atom. The van der Waals surface area contributed by atoms with Gasteiger partial charge in [-0.15, -0.1) is 0 Å². The van der Waals surface area contributed by atoms with Crippen molar-refractivity contribution in [1.29, 1.82) is 0 Å². The second-order valence-electron chi connectivity index (χ2n) is 4.81. The van der Waals surface area contributed by atoms with Crippen LogP contribution in [0.3, 0.4) is 0 Å². The zero-order chi connectivity index (χ0) is 13.5. The van der Waals surface area contributed by atoms with E-state index in [0.29, 0.717) is 13.2 Å². The average Bonchev–Trinajstić information content (AvgIpc) is 3.00. The molecular formula is C16H12NO2Se. The van der Waals surface area contributed by atoms with Crippen molar-refractivity contribution in [3.63, 3.8) is 0 Å². The van der Waals surface area contributed by atoms with Crippen LogP contribution in [0, 0.1) is 0 Å². The Morgan fingerprint density at radius 3 is 2.60 bits per heavy atom. The number of nitrogens with zero attached hydrogens (tertiary/aromatic N) is 1. The van der Waals surface area contributed by atoms with E-state index in [2.05, 4.69) is 46.3 Å². The van der Waals surface area contributed by atoms with E-state index in [-0.39, 0.29) is 6.29 Å². The topological polar surface area (TPSA) is 31.4 Å². The molecule has 2 heterocycles. The second-order valence-corrected chi connectivity index (χ2v) is 5.63. The van der Waals surface area contributed by atoms with Gasteiger partial charge in [-0.05, 0) is 0 Å². The minimum atomic E-state index is -0.297. The van der Waals surface area contributed by atoms with Crippen LogP contribution < -0.4 is 4.59 Å². The van der Waals surface area contributed by atoms with Gasteiger partial charge in [-0.2, -0.15) is 0 Å². The van der Waals surface area contributed by atoms with E-state index in [0.717, 1.165) is 21.1 Å². The molecule has 3 aromatic rings. The molecule has 0 amide bonds. The summed E-state index contributed by atoms with van der Waals surface area (Å²) in [5.74, 6) is 0. The summed E-state index contributed by atoms with van der Waals surface area (Å²) in [6.45, 7) is 1.28. The molecule has 99 valence electrons. The van der Waals surface area contributed by atoms with Gasteiger partial charge in [0, 0.05) is 0 Å². The number of fused-ring (bicyclic) bond motifs is 3. The third-order valence-corrected chi connectivity index (χ3v) is 4.26. The number of rotatable bonds is 1. The van der Waals surface area contributed by atoms with Crippen LogP contribution in [0.1, 0.15) is 11.9 Å². The molecule has 0 bridgehead atoms. The number of hydrogen-bond donors (Lipinski definition) is 0. The summed E-state index contributed by atoms with van der Waals surface area (Å²) in [5.41, 5.74) is 1.99. The van der Waals surface area contributed by atoms with Gasteiger partial charge >= 0.3 is 124 Å². The molecule has 4 heteroatoms. The third kappa shape index (κ3) is 1.93. The van der Waals surface area contributed by atoms with E-state index < -0.39 is 0 Å². The predicted octanol–water partition coefficient (Wildman–Crippen LogP) is 2.23. The fourth-order valence-corrected chi connectivity index (χ4v) is 3.13. The predicted molar refractivity (Wildman–Crippen MR) is 79.3 cm³/mol. The summed E-state index contributed by atoms with van der Waals surface area (Å²) >= 11 is 3.03. The average molecular weight is 329 g/mol. The monoisotopic (exact) mass is 330 g/mol. The summed E-state index contributed by atoms with van der Waals surface area (Å²) in [7, 11) is 0. The zero-order valence-electron chi connectivity index (χ0n) is 10.7. The van der Waals surface area contributed by atoms with Crippen molar-refractivity contribution in [3.8, 4) is 0 Å². The van der Waals surface area contributed by atoms with E-state index in [1.54, 1.807) is 0 Å². The van der Waals surface area contributed by atoms with Crippen LogP contribution in [0.5, 0.6) is 0 Å². The van der Waals surface area contributed by atoms with Gasteiger partial charge in [-0.3, -0.25) is 0 Å². The molecule has 1 fully saturated rings. The van der Waals surface area contributed by atoms with Crippen LogP contribution in [0.25, 0.3) is 21.7 Å². The van der Waals surface area contributed by atoms with Crippen LogP contribution in [0.15, 0.2) is 42.5 Å². The third-order valence-electron chi connectivity index (χ3n) is 3.58. The maximum atomic E-state index is 5.57. The van der Waals surface area contributed by atoms with Crippen molar-refractivity contribution >= 4 is 42.3 Å². The SMILES string of the molecule is [Se]c1nc2c(ccc3ccccc32)cc1C1OCCO1. The molecule has 0 unspecified atom stereocenters. The summed E-state index contributed by atoms with van der Waals surface area (Å²) in [5, 5.41) is 3.48. The Hall–Kier alpha value is -1.45. The normalized spacial score (nSPS) is 16.2. The van der Waals surface area contributed by atoms with Gasteiger partial charge < -0.3 is 0 Å². The van der Waals surface area contributed by atoms with Gasteiger partial charge in [-0.1, -0.05) is 0 Å². The molecule has 1 aliphatic rings. The molecular weight excluding hydrogens is 317 g/mol. The van der Waals surface area contributed by atoms with Crippen molar-refractivity contribution in [2.24, 2.45) is 0 Å². The van der Waals surface area contributed by atoms with Crippen LogP contribution in [0.4, 0.5) is 0 Å². The van der Waals surface area contributed by atoms with E-state index >= 15 is 0 Å². The summed E-state index contributed by atoms with van der Waals surface area (Å²) in [6.07, 6.45) is -0.297. The first-order chi connectivity index (χ1) is 9.83. The van der Waals surface area contributed by atoms with Crippen LogP contribution in [-0.2, 0) is 9.47 Å². The Bertz CT molecular complexity index is 797. The van der Waals surface area contributed by atoms with Crippen LogP contribution in [0.2, 0.25) is 0 Å². The molecule has 2 aromatic carbocycles. The van der Waals surface area contributed by atoms with Crippen molar-refractivity contribution in [3.05, 3.63) is 48.0 Å². The number of benzene rings is 2. The molecule has 1 aromatic heterocycles. The number of hydrogen-bond acceptors (Lipinski definition) is 3. The molecule has 1 saturated heterocycles. The number of aromatic nitrogens is 1. The van der Waals surface area contributed by atoms with Gasteiger partial charge in [0.15, 0.2) is 0 Å². The molecule has 3 nitrogen and oxygen atoms in total. The van der Waals surface area contributed by atoms with Crippen molar-refractivity contribution in [1.82, 2.24) is 4.98 Å². The fraction of sp³-hybridized carbons (Fsp3) is 0.188. The molecule has 0 saturated carbocycles. The fourth-order valence-electron chi connectivity index (χ4n) is 2.62. The Kier molecular flexibility index (Phi) is 2.97. The van der Waals surface area contributed by atoms with E-state index in [1.807, 2.05) is 12.1 Å². The molecule has 0 N–H and O–H groups in total. The zero-order valence-corrected chi connectivity index (χ0v) is 12.4. The summed E-state index contributed by atoms with van der Waals surface area (Å²) in [6, 6.07) is 14.6. The van der Waals surface area contributed by atoms with Gasteiger partial charge in [-0.25, -0.2) is 0 Å². The first-order valence-corrected chi connectivity index (χ1v) is 7.41. The van der Waals surface area contributed by atoms with E-state index in [9.17, 15) is 0 Å². The van der Waals surface area contributed by atoms with E-state index in [4.69, 9.17) is 14.5 Å². The van der Waals surface area contributed by atoms with Gasteiger partial charge in [0.1, 0.15) is 0 Å². The summed E-state index contributed by atoms with van der Waals surface area (Å²) in [4.78, 5) is 4.73. The van der Waals surface area contributed by atoms with Gasteiger partial charge in [0.2, 0.25) is 0 Å². The standard InChI is InChI=1S/C16H12NO2Se/c20-15-13(16-18-7-8-19-16)9-11-6-5-10-3-1-2-4-12(10)14(11)17-15/h1-6,9,16H,7-8H2. The Labute approximate surface area is 124 Å². The van der Waals surface area contributed by atoms with Gasteiger partial charge in [0.05, 0.1) is 0 Å². The maximum absolute atomic E-state index is 5.57. The van der Waals surface area contributed by atoms with Crippen molar-refractivity contribution in [2.45, 2.75) is 6.29 Å². The number of ether oxygens (including phenoxy) is 2. The first kappa shape index (κ1) is 12.3. The minimum absolute atomic E-state index is 0.297. The first-order valence-electron chi connectivity index (χ1n) is 6.55. The van der Waals surface area contributed by atoms with Crippen LogP contribution in [-0.4, -0.2) is 34.2 Å². The molecule has 1 radical (unpaired) electrons.